The second kappa shape index (κ2) is 11.7. The van der Waals surface area contributed by atoms with Crippen molar-refractivity contribution < 1.29 is 14.6 Å². The molecule has 0 aliphatic carbocycles. The van der Waals surface area contributed by atoms with E-state index in [9.17, 15) is 9.90 Å². The van der Waals surface area contributed by atoms with Gasteiger partial charge < -0.3 is 9.84 Å². The highest BCUT2D eigenvalue weighted by atomic mass is 35.5. The van der Waals surface area contributed by atoms with Gasteiger partial charge in [0, 0.05) is 10.6 Å². The van der Waals surface area contributed by atoms with Gasteiger partial charge in [-0.3, -0.25) is 9.36 Å². The summed E-state index contributed by atoms with van der Waals surface area (Å²) in [5, 5.41) is 32.5. The molecule has 2 N–H and O–H groups in total. The fourth-order valence-corrected chi connectivity index (χ4v) is 4.96. The molecule has 0 radical (unpaired) electrons. The number of ether oxygens (including phenoxy) is 1. The summed E-state index contributed by atoms with van der Waals surface area (Å²) in [4.78, 5) is 12.5. The lowest BCUT2D eigenvalue weighted by atomic mass is 10.2. The van der Waals surface area contributed by atoms with E-state index in [1.54, 1.807) is 45.6 Å². The number of phenolic OH excluding ortho intramolecular Hbond substituents is 1. The molecule has 14 heteroatoms. The van der Waals surface area contributed by atoms with Crippen LogP contribution in [-0.4, -0.2) is 59.8 Å². The monoisotopic (exact) mass is 582 g/mol. The molecule has 0 aliphatic heterocycles. The average Bonchev–Trinajstić information content (AvgIpc) is 3.53. The first-order valence-corrected chi connectivity index (χ1v) is 13.2. The molecule has 0 spiro atoms. The van der Waals surface area contributed by atoms with Crippen LogP contribution in [0.4, 0.5) is 0 Å². The Hall–Kier alpha value is -4.13. The summed E-state index contributed by atoms with van der Waals surface area (Å²) in [5.41, 5.74) is 5.02. The van der Waals surface area contributed by atoms with Crippen LogP contribution in [0.15, 0.2) is 70.9 Å². The predicted octanol–water partition coefficient (Wildman–Crippen LogP) is 4.32. The van der Waals surface area contributed by atoms with E-state index < -0.39 is 0 Å². The van der Waals surface area contributed by atoms with E-state index in [1.807, 2.05) is 24.3 Å². The topological polar surface area (TPSA) is 132 Å². The van der Waals surface area contributed by atoms with Crippen LogP contribution in [0.1, 0.15) is 11.4 Å². The summed E-state index contributed by atoms with van der Waals surface area (Å²) in [6, 6.07) is 17.6. The van der Waals surface area contributed by atoms with Crippen molar-refractivity contribution in [2.75, 3.05) is 12.9 Å². The van der Waals surface area contributed by atoms with E-state index in [-0.39, 0.29) is 24.0 Å². The van der Waals surface area contributed by atoms with E-state index in [1.165, 1.54) is 13.3 Å². The first kappa shape index (κ1) is 26.5. The number of para-hydroxylation sites is 2. The third-order valence-corrected chi connectivity index (χ3v) is 7.00. The first-order chi connectivity index (χ1) is 18.9. The molecule has 3 aromatic carbocycles. The van der Waals surface area contributed by atoms with Gasteiger partial charge in [-0.05, 0) is 42.5 Å². The zero-order chi connectivity index (χ0) is 27.4. The first-order valence-electron chi connectivity index (χ1n) is 11.4. The van der Waals surface area contributed by atoms with Crippen molar-refractivity contribution in [3.05, 3.63) is 82.1 Å². The number of aromatic hydroxyl groups is 1. The standard InChI is InChI=1S/C25H20Cl2N8O3S/c1-38-21-8-4-5-15(24(21)37)12-28-31-23(36)14-39-25-32-30-22(35(25)19-10-9-16(26)11-17(19)27)13-34-20-7-3-2-6-18(20)29-33-34/h2-12,37H,13-14H2,1H3,(H,31,36)/b28-12+. The molecule has 0 aliphatic rings. The maximum absolute atomic E-state index is 12.5. The number of hydrogen-bond donors (Lipinski definition) is 2. The smallest absolute Gasteiger partial charge is 0.250 e. The molecule has 5 aromatic rings. The van der Waals surface area contributed by atoms with Gasteiger partial charge in [-0.1, -0.05) is 58.4 Å². The number of thioether (sulfide) groups is 1. The maximum atomic E-state index is 12.5. The third kappa shape index (κ3) is 5.82. The van der Waals surface area contributed by atoms with Crippen LogP contribution in [-0.2, 0) is 11.3 Å². The molecule has 0 atom stereocenters. The number of carbonyl (C=O) groups excluding carboxylic acids is 1. The van der Waals surface area contributed by atoms with Crippen LogP contribution < -0.4 is 10.2 Å². The summed E-state index contributed by atoms with van der Waals surface area (Å²) in [7, 11) is 1.45. The van der Waals surface area contributed by atoms with Gasteiger partial charge in [0.2, 0.25) is 0 Å². The maximum Gasteiger partial charge on any atom is 0.250 e. The van der Waals surface area contributed by atoms with Crippen molar-refractivity contribution in [1.29, 1.82) is 0 Å². The number of fused-ring (bicyclic) bond motifs is 1. The highest BCUT2D eigenvalue weighted by molar-refractivity contribution is 7.99. The number of carbonyl (C=O) groups is 1. The van der Waals surface area contributed by atoms with Crippen LogP contribution >= 0.6 is 35.0 Å². The Labute approximate surface area is 236 Å². The highest BCUT2D eigenvalue weighted by Crippen LogP contribution is 2.30. The SMILES string of the molecule is COc1cccc(/C=N/NC(=O)CSc2nnc(Cn3nnc4ccccc43)n2-c2ccc(Cl)cc2Cl)c1O. The van der Waals surface area contributed by atoms with Crippen molar-refractivity contribution >= 4 is 58.1 Å². The molecular weight excluding hydrogens is 563 g/mol. The Kier molecular flexibility index (Phi) is 7.96. The molecule has 2 aromatic heterocycles. The lowest BCUT2D eigenvalue weighted by molar-refractivity contribution is -0.118. The zero-order valence-corrected chi connectivity index (χ0v) is 22.7. The Bertz CT molecular complexity index is 1690. The molecular formula is C25H20Cl2N8O3S. The van der Waals surface area contributed by atoms with Gasteiger partial charge in [0.15, 0.2) is 22.5 Å². The third-order valence-electron chi connectivity index (χ3n) is 5.54. The Morgan fingerprint density at radius 2 is 1.97 bits per heavy atom. The van der Waals surface area contributed by atoms with Gasteiger partial charge >= 0.3 is 0 Å². The van der Waals surface area contributed by atoms with Crippen molar-refractivity contribution in [2.24, 2.45) is 5.10 Å². The van der Waals surface area contributed by atoms with Crippen molar-refractivity contribution in [3.63, 3.8) is 0 Å². The number of nitrogens with zero attached hydrogens (tertiary/aromatic N) is 7. The molecule has 1 amide bonds. The summed E-state index contributed by atoms with van der Waals surface area (Å²) in [6.07, 6.45) is 1.33. The number of rotatable bonds is 9. The summed E-state index contributed by atoms with van der Waals surface area (Å²) >= 11 is 13.8. The fourth-order valence-electron chi connectivity index (χ4n) is 3.71. The normalized spacial score (nSPS) is 11.4. The van der Waals surface area contributed by atoms with Crippen molar-refractivity contribution in [1.82, 2.24) is 35.2 Å². The molecule has 0 fully saturated rings. The number of amides is 1. The van der Waals surface area contributed by atoms with E-state index in [0.29, 0.717) is 38.0 Å². The van der Waals surface area contributed by atoms with Crippen LogP contribution in [0.5, 0.6) is 11.5 Å². The van der Waals surface area contributed by atoms with Gasteiger partial charge in [0.1, 0.15) is 12.1 Å². The average molecular weight is 583 g/mol. The minimum Gasteiger partial charge on any atom is -0.504 e. The molecule has 2 heterocycles. The van der Waals surface area contributed by atoms with Gasteiger partial charge in [0.05, 0.1) is 35.3 Å². The number of benzene rings is 3. The number of phenols is 1. The molecule has 0 saturated carbocycles. The zero-order valence-electron chi connectivity index (χ0n) is 20.3. The number of hydrogen-bond acceptors (Lipinski definition) is 9. The van der Waals surface area contributed by atoms with Gasteiger partial charge in [-0.15, -0.1) is 15.3 Å². The lowest BCUT2D eigenvalue weighted by Crippen LogP contribution is -2.20. The molecule has 5 rings (SSSR count). The summed E-state index contributed by atoms with van der Waals surface area (Å²) < 4.78 is 8.54. The molecule has 11 nitrogen and oxygen atoms in total. The second-order valence-electron chi connectivity index (χ2n) is 8.05. The Balaban J connectivity index is 1.36. The molecule has 39 heavy (non-hydrogen) atoms. The number of methoxy groups -OCH3 is 1. The summed E-state index contributed by atoms with van der Waals surface area (Å²) in [5.74, 6) is 0.351. The quantitative estimate of drug-likeness (QED) is 0.149. The number of aromatic nitrogens is 6. The largest absolute Gasteiger partial charge is 0.504 e. The molecule has 0 unspecified atom stereocenters. The van der Waals surface area contributed by atoms with Gasteiger partial charge in [-0.2, -0.15) is 5.10 Å². The second-order valence-corrected chi connectivity index (χ2v) is 9.83. The molecule has 0 bridgehead atoms. The molecule has 198 valence electrons. The number of hydrazone groups is 1. The van der Waals surface area contributed by atoms with E-state index >= 15 is 0 Å². The predicted molar refractivity (Wildman–Crippen MR) is 149 cm³/mol. The van der Waals surface area contributed by atoms with Crippen LogP contribution in [0.25, 0.3) is 16.7 Å². The fraction of sp³-hybridized carbons (Fsp3) is 0.120. The van der Waals surface area contributed by atoms with Crippen molar-refractivity contribution in [2.45, 2.75) is 11.7 Å². The van der Waals surface area contributed by atoms with E-state index in [2.05, 4.69) is 31.0 Å². The lowest BCUT2D eigenvalue weighted by Gasteiger charge is -2.12. The number of nitrogens with one attached hydrogen (secondary N) is 1. The van der Waals surface area contributed by atoms with E-state index in [4.69, 9.17) is 27.9 Å². The van der Waals surface area contributed by atoms with Crippen LogP contribution in [0.2, 0.25) is 10.0 Å². The number of halogens is 2. The van der Waals surface area contributed by atoms with Crippen molar-refractivity contribution in [3.8, 4) is 17.2 Å². The Morgan fingerprint density at radius 1 is 1.13 bits per heavy atom. The van der Waals surface area contributed by atoms with Crippen LogP contribution in [0.3, 0.4) is 0 Å². The van der Waals surface area contributed by atoms with Crippen LogP contribution in [0, 0.1) is 0 Å². The van der Waals surface area contributed by atoms with Gasteiger partial charge in [0.25, 0.3) is 5.91 Å². The minimum atomic E-state index is -0.390. The summed E-state index contributed by atoms with van der Waals surface area (Å²) in [6.45, 7) is 0.257. The molecule has 0 saturated heterocycles. The minimum absolute atomic E-state index is 0.0168. The van der Waals surface area contributed by atoms with E-state index in [0.717, 1.165) is 22.8 Å². The highest BCUT2D eigenvalue weighted by Gasteiger charge is 2.19. The van der Waals surface area contributed by atoms with Gasteiger partial charge in [-0.25, -0.2) is 10.1 Å². The Morgan fingerprint density at radius 3 is 2.79 bits per heavy atom.